The summed E-state index contributed by atoms with van der Waals surface area (Å²) in [5.41, 5.74) is 0.522. The fourth-order valence-electron chi connectivity index (χ4n) is 1.89. The number of hydrogen-bond donors (Lipinski definition) is 0. The first kappa shape index (κ1) is 9.48. The second-order valence-corrected chi connectivity index (χ2v) is 4.75. The Labute approximate surface area is 95.9 Å². The molecular weight excluding hydrogens is 220 g/mol. The monoisotopic (exact) mass is 228 g/mol. The summed E-state index contributed by atoms with van der Waals surface area (Å²) >= 11 is 1.41. The van der Waals surface area contributed by atoms with E-state index in [-0.39, 0.29) is 11.2 Å². The summed E-state index contributed by atoms with van der Waals surface area (Å²) in [7, 11) is 0. The molecule has 0 radical (unpaired) electrons. The highest BCUT2D eigenvalue weighted by atomic mass is 32.1. The Morgan fingerprint density at radius 3 is 2.81 bits per heavy atom. The summed E-state index contributed by atoms with van der Waals surface area (Å²) in [5, 5.41) is 0.700. The van der Waals surface area contributed by atoms with Gasteiger partial charge in [0.05, 0.1) is 4.88 Å². The summed E-state index contributed by atoms with van der Waals surface area (Å²) in [6.45, 7) is 0. The number of hydrogen-bond acceptors (Lipinski definition) is 3. The molecule has 0 saturated heterocycles. The molecule has 1 aromatic heterocycles. The molecule has 16 heavy (non-hydrogen) atoms. The average Bonchev–Trinajstić information content (AvgIpc) is 2.31. The number of allylic oxidation sites excluding steroid dienone is 1. The molecule has 1 aliphatic carbocycles. The number of carbonyl (C=O) groups excluding carboxylic acids is 1. The van der Waals surface area contributed by atoms with Gasteiger partial charge in [-0.1, -0.05) is 24.3 Å². The Morgan fingerprint density at radius 1 is 1.12 bits per heavy atom. The van der Waals surface area contributed by atoms with Gasteiger partial charge < -0.3 is 0 Å². The smallest absolute Gasteiger partial charge is 0.195 e. The maximum atomic E-state index is 12.1. The first-order chi connectivity index (χ1) is 7.77. The van der Waals surface area contributed by atoms with Gasteiger partial charge in [-0.15, -0.1) is 11.3 Å². The van der Waals surface area contributed by atoms with Crippen LogP contribution in [0.15, 0.2) is 35.1 Å². The number of rotatable bonds is 0. The van der Waals surface area contributed by atoms with Gasteiger partial charge in [-0.25, -0.2) is 0 Å². The van der Waals surface area contributed by atoms with Crippen LogP contribution >= 0.6 is 11.3 Å². The van der Waals surface area contributed by atoms with Crippen molar-refractivity contribution in [1.82, 2.24) is 0 Å². The molecule has 0 bridgehead atoms. The average molecular weight is 228 g/mol. The van der Waals surface area contributed by atoms with Crippen molar-refractivity contribution in [2.24, 2.45) is 0 Å². The molecule has 1 aromatic carbocycles. The maximum absolute atomic E-state index is 12.1. The standard InChI is InChI=1S/C13H8O2S/c14-10-6-3-5-9-12(15)8-4-1-2-7-11(8)16-13(9)10/h1-5,7H,6H2. The van der Waals surface area contributed by atoms with Gasteiger partial charge in [0.1, 0.15) is 0 Å². The van der Waals surface area contributed by atoms with E-state index in [1.54, 1.807) is 18.2 Å². The van der Waals surface area contributed by atoms with Crippen LogP contribution in [-0.4, -0.2) is 5.78 Å². The third-order valence-corrected chi connectivity index (χ3v) is 3.90. The van der Waals surface area contributed by atoms with Crippen LogP contribution in [-0.2, 0) is 0 Å². The molecule has 3 heteroatoms. The predicted octanol–water partition coefficient (Wildman–Crippen LogP) is 2.86. The van der Waals surface area contributed by atoms with E-state index in [1.165, 1.54) is 11.3 Å². The first-order valence-corrected chi connectivity index (χ1v) is 5.84. The van der Waals surface area contributed by atoms with Crippen molar-refractivity contribution in [3.8, 4) is 0 Å². The van der Waals surface area contributed by atoms with Crippen LogP contribution in [0.3, 0.4) is 0 Å². The minimum absolute atomic E-state index is 0.0337. The summed E-state index contributed by atoms with van der Waals surface area (Å²) in [4.78, 5) is 24.4. The van der Waals surface area contributed by atoms with Gasteiger partial charge in [-0.3, -0.25) is 9.59 Å². The summed E-state index contributed by atoms with van der Waals surface area (Å²) in [5.74, 6) is 0.0466. The van der Waals surface area contributed by atoms with E-state index in [9.17, 15) is 9.59 Å². The number of Topliss-reactive ketones (excluding diaryl/α,β-unsaturated/α-hetero) is 1. The number of carbonyl (C=O) groups is 1. The quantitative estimate of drug-likeness (QED) is 0.694. The molecule has 0 unspecified atom stereocenters. The minimum Gasteiger partial charge on any atom is -0.293 e. The first-order valence-electron chi connectivity index (χ1n) is 5.03. The molecule has 0 fully saturated rings. The van der Waals surface area contributed by atoms with Crippen molar-refractivity contribution in [1.29, 1.82) is 0 Å². The highest BCUT2D eigenvalue weighted by Crippen LogP contribution is 2.26. The second kappa shape index (κ2) is 3.39. The van der Waals surface area contributed by atoms with Crippen LogP contribution in [0.4, 0.5) is 0 Å². The molecule has 0 N–H and O–H groups in total. The van der Waals surface area contributed by atoms with E-state index in [0.29, 0.717) is 22.2 Å². The fourth-order valence-corrected chi connectivity index (χ4v) is 3.00. The van der Waals surface area contributed by atoms with E-state index < -0.39 is 0 Å². The van der Waals surface area contributed by atoms with Gasteiger partial charge in [0.2, 0.25) is 0 Å². The molecule has 0 amide bonds. The third kappa shape index (κ3) is 1.25. The van der Waals surface area contributed by atoms with Crippen molar-refractivity contribution in [2.45, 2.75) is 6.42 Å². The van der Waals surface area contributed by atoms with Gasteiger partial charge in [-0.05, 0) is 12.1 Å². The molecule has 0 spiro atoms. The second-order valence-electron chi connectivity index (χ2n) is 3.70. The Kier molecular flexibility index (Phi) is 2.01. The Bertz CT molecular complexity index is 680. The van der Waals surface area contributed by atoms with E-state index >= 15 is 0 Å². The van der Waals surface area contributed by atoms with Crippen molar-refractivity contribution in [3.05, 3.63) is 51.0 Å². The van der Waals surface area contributed by atoms with Crippen LogP contribution in [0.5, 0.6) is 0 Å². The van der Waals surface area contributed by atoms with Crippen molar-refractivity contribution < 1.29 is 4.79 Å². The lowest BCUT2D eigenvalue weighted by Crippen LogP contribution is -2.13. The highest BCUT2D eigenvalue weighted by molar-refractivity contribution is 7.20. The Hall–Kier alpha value is -1.74. The predicted molar refractivity (Wildman–Crippen MR) is 66.1 cm³/mol. The molecule has 2 nitrogen and oxygen atoms in total. The fraction of sp³-hybridized carbons (Fsp3) is 0.0769. The van der Waals surface area contributed by atoms with E-state index in [0.717, 1.165) is 4.70 Å². The zero-order valence-corrected chi connectivity index (χ0v) is 9.21. The third-order valence-electron chi connectivity index (χ3n) is 2.67. The van der Waals surface area contributed by atoms with Crippen LogP contribution in [0.2, 0.25) is 0 Å². The molecule has 3 rings (SSSR count). The van der Waals surface area contributed by atoms with Crippen LogP contribution in [0.1, 0.15) is 21.7 Å². The molecule has 1 aliphatic rings. The van der Waals surface area contributed by atoms with Gasteiger partial charge in [0.25, 0.3) is 0 Å². The molecule has 0 atom stereocenters. The SMILES string of the molecule is O=C1CC=Cc2c1sc1ccccc1c2=O. The van der Waals surface area contributed by atoms with Gasteiger partial charge >= 0.3 is 0 Å². The zero-order chi connectivity index (χ0) is 11.1. The Morgan fingerprint density at radius 2 is 1.94 bits per heavy atom. The molecular formula is C13H8O2S. The molecule has 0 aliphatic heterocycles. The summed E-state index contributed by atoms with van der Waals surface area (Å²) in [6, 6.07) is 7.42. The topological polar surface area (TPSA) is 34.1 Å². The molecule has 2 aromatic rings. The minimum atomic E-state index is -0.0337. The summed E-state index contributed by atoms with van der Waals surface area (Å²) < 4.78 is 0.884. The van der Waals surface area contributed by atoms with Crippen molar-refractivity contribution >= 4 is 33.3 Å². The van der Waals surface area contributed by atoms with E-state index in [2.05, 4.69) is 0 Å². The van der Waals surface area contributed by atoms with Crippen LogP contribution in [0, 0.1) is 0 Å². The van der Waals surface area contributed by atoms with E-state index in [4.69, 9.17) is 0 Å². The van der Waals surface area contributed by atoms with Crippen molar-refractivity contribution in [2.75, 3.05) is 0 Å². The van der Waals surface area contributed by atoms with Gasteiger partial charge in [0, 0.05) is 22.1 Å². The van der Waals surface area contributed by atoms with Crippen LogP contribution in [0.25, 0.3) is 16.2 Å². The number of benzene rings is 1. The lowest BCUT2D eigenvalue weighted by molar-refractivity contribution is 0.0998. The molecule has 1 heterocycles. The Balaban J connectivity index is 2.51. The maximum Gasteiger partial charge on any atom is 0.195 e. The number of ketones is 1. The largest absolute Gasteiger partial charge is 0.293 e. The van der Waals surface area contributed by atoms with Crippen LogP contribution < -0.4 is 5.43 Å². The molecule has 78 valence electrons. The number of fused-ring (bicyclic) bond motifs is 2. The zero-order valence-electron chi connectivity index (χ0n) is 8.40. The van der Waals surface area contributed by atoms with Crippen molar-refractivity contribution in [3.63, 3.8) is 0 Å². The molecule has 0 saturated carbocycles. The highest BCUT2D eigenvalue weighted by Gasteiger charge is 2.18. The van der Waals surface area contributed by atoms with E-state index in [1.807, 2.05) is 18.2 Å². The lowest BCUT2D eigenvalue weighted by atomic mass is 10.0. The van der Waals surface area contributed by atoms with Gasteiger partial charge in [0.15, 0.2) is 11.2 Å². The summed E-state index contributed by atoms with van der Waals surface area (Å²) in [6.07, 6.45) is 3.93. The lowest BCUT2D eigenvalue weighted by Gasteiger charge is -2.08. The normalized spacial score (nSPS) is 14.1. The van der Waals surface area contributed by atoms with Gasteiger partial charge in [-0.2, -0.15) is 0 Å².